The van der Waals surface area contributed by atoms with Gasteiger partial charge in [0.25, 0.3) is 0 Å². The second-order valence-corrected chi connectivity index (χ2v) is 6.39. The lowest BCUT2D eigenvalue weighted by Crippen LogP contribution is -2.41. The fourth-order valence-electron chi connectivity index (χ4n) is 2.03. The van der Waals surface area contributed by atoms with Crippen LogP contribution in [0.15, 0.2) is 11.5 Å². The number of unbranched alkanes of at least 4 members (excludes halogenated alkanes) is 4. The lowest BCUT2D eigenvalue weighted by Gasteiger charge is -2.32. The van der Waals surface area contributed by atoms with E-state index in [4.69, 9.17) is 9.31 Å². The van der Waals surface area contributed by atoms with E-state index in [1.807, 2.05) is 0 Å². The average molecular weight is 252 g/mol. The van der Waals surface area contributed by atoms with Crippen LogP contribution in [0.1, 0.15) is 73.6 Å². The number of allylic oxidation sites excluding steroid dienone is 2. The molecule has 0 bridgehead atoms. The van der Waals surface area contributed by atoms with Crippen molar-refractivity contribution in [3.8, 4) is 0 Å². The molecule has 0 saturated carbocycles. The molecule has 0 radical (unpaired) electrons. The van der Waals surface area contributed by atoms with Crippen molar-refractivity contribution in [2.75, 3.05) is 0 Å². The Morgan fingerprint density at radius 1 is 1.00 bits per heavy atom. The van der Waals surface area contributed by atoms with Crippen molar-refractivity contribution in [1.29, 1.82) is 0 Å². The summed E-state index contributed by atoms with van der Waals surface area (Å²) in [6.07, 6.45) is 8.63. The van der Waals surface area contributed by atoms with Crippen molar-refractivity contribution in [3.05, 3.63) is 11.5 Å². The summed E-state index contributed by atoms with van der Waals surface area (Å²) < 4.78 is 12.0. The van der Waals surface area contributed by atoms with Crippen molar-refractivity contribution in [3.63, 3.8) is 0 Å². The maximum atomic E-state index is 6.01. The molecular weight excluding hydrogens is 223 g/mol. The van der Waals surface area contributed by atoms with E-state index in [1.165, 1.54) is 31.2 Å². The predicted molar refractivity (Wildman–Crippen MR) is 78.6 cm³/mol. The van der Waals surface area contributed by atoms with E-state index in [0.29, 0.717) is 0 Å². The lowest BCUT2D eigenvalue weighted by atomic mass is 9.79. The summed E-state index contributed by atoms with van der Waals surface area (Å²) in [5.41, 5.74) is 0.759. The van der Waals surface area contributed by atoms with Crippen LogP contribution >= 0.6 is 0 Å². The van der Waals surface area contributed by atoms with E-state index < -0.39 is 0 Å². The van der Waals surface area contributed by atoms with Crippen molar-refractivity contribution in [1.82, 2.24) is 0 Å². The van der Waals surface area contributed by atoms with Crippen LogP contribution in [-0.2, 0) is 9.31 Å². The monoisotopic (exact) mass is 252 g/mol. The maximum Gasteiger partial charge on any atom is 0.489 e. The number of hydrogen-bond acceptors (Lipinski definition) is 2. The van der Waals surface area contributed by atoms with Gasteiger partial charge in [0.1, 0.15) is 0 Å². The predicted octanol–water partition coefficient (Wildman–Crippen LogP) is 4.53. The Hall–Kier alpha value is -0.275. The van der Waals surface area contributed by atoms with Crippen LogP contribution in [0.4, 0.5) is 0 Å². The van der Waals surface area contributed by atoms with Gasteiger partial charge in [-0.05, 0) is 52.9 Å². The van der Waals surface area contributed by atoms with Gasteiger partial charge in [0.15, 0.2) is 0 Å². The van der Waals surface area contributed by atoms with Gasteiger partial charge in [-0.2, -0.15) is 0 Å². The summed E-state index contributed by atoms with van der Waals surface area (Å²) in [6, 6.07) is 0. The van der Waals surface area contributed by atoms with Gasteiger partial charge in [0, 0.05) is 0 Å². The molecule has 1 saturated heterocycles. The highest BCUT2D eigenvalue weighted by Gasteiger charge is 2.51. The van der Waals surface area contributed by atoms with E-state index in [1.54, 1.807) is 0 Å². The third-order valence-electron chi connectivity index (χ3n) is 4.15. The van der Waals surface area contributed by atoms with Crippen LogP contribution in [0.3, 0.4) is 0 Å². The Labute approximate surface area is 113 Å². The van der Waals surface area contributed by atoms with Crippen LogP contribution in [0.25, 0.3) is 0 Å². The van der Waals surface area contributed by atoms with Crippen LogP contribution in [0.2, 0.25) is 0 Å². The molecule has 18 heavy (non-hydrogen) atoms. The summed E-state index contributed by atoms with van der Waals surface area (Å²) in [5, 5.41) is 0. The van der Waals surface area contributed by atoms with Crippen LogP contribution in [0, 0.1) is 0 Å². The lowest BCUT2D eigenvalue weighted by molar-refractivity contribution is 0.00578. The zero-order chi connectivity index (χ0) is 13.8. The molecule has 2 nitrogen and oxygen atoms in total. The molecule has 0 spiro atoms. The molecule has 0 atom stereocenters. The van der Waals surface area contributed by atoms with E-state index >= 15 is 0 Å². The minimum absolute atomic E-state index is 0.166. The minimum atomic E-state index is -0.227. The second-order valence-electron chi connectivity index (χ2n) is 6.39. The average Bonchev–Trinajstić information content (AvgIpc) is 2.48. The fourth-order valence-corrected chi connectivity index (χ4v) is 2.03. The molecule has 0 aromatic heterocycles. The largest absolute Gasteiger partial charge is 0.489 e. The summed E-state index contributed by atoms with van der Waals surface area (Å²) in [5.74, 6) is 0. The van der Waals surface area contributed by atoms with Gasteiger partial charge in [-0.25, -0.2) is 0 Å². The first kappa shape index (κ1) is 15.8. The molecule has 104 valence electrons. The first-order valence-corrected chi connectivity index (χ1v) is 7.32. The van der Waals surface area contributed by atoms with Crippen LogP contribution < -0.4 is 0 Å². The highest BCUT2D eigenvalue weighted by atomic mass is 16.7. The normalized spacial score (nSPS) is 22.6. The smallest absolute Gasteiger partial charge is 0.400 e. The Balaban J connectivity index is 2.44. The molecule has 0 aliphatic carbocycles. The molecule has 0 aromatic rings. The fraction of sp³-hybridized carbons (Fsp3) is 0.867. The molecular formula is C15H29BO2. The Bertz CT molecular complexity index is 279. The Kier molecular flexibility index (Phi) is 5.48. The van der Waals surface area contributed by atoms with Crippen LogP contribution in [-0.4, -0.2) is 18.3 Å². The molecule has 1 rings (SSSR count). The number of rotatable bonds is 6. The van der Waals surface area contributed by atoms with Crippen LogP contribution in [0.5, 0.6) is 0 Å². The standard InChI is InChI=1S/C15H29BO2/c1-7-8-9-10-11-12-13(2)16-17-14(3,4)15(5,6)18-16/h12H,7-11H2,1-6H3/b13-12+. The van der Waals surface area contributed by atoms with E-state index in [9.17, 15) is 0 Å². The first-order chi connectivity index (χ1) is 8.30. The van der Waals surface area contributed by atoms with Gasteiger partial charge in [-0.15, -0.1) is 0 Å². The molecule has 1 aliphatic heterocycles. The van der Waals surface area contributed by atoms with Gasteiger partial charge in [0.2, 0.25) is 0 Å². The quantitative estimate of drug-likeness (QED) is 0.510. The summed E-state index contributed by atoms with van der Waals surface area (Å²) in [7, 11) is -0.166. The van der Waals surface area contributed by atoms with Crippen molar-refractivity contribution in [2.45, 2.75) is 84.8 Å². The molecule has 1 aliphatic rings. The van der Waals surface area contributed by atoms with Crippen molar-refractivity contribution >= 4 is 7.12 Å². The minimum Gasteiger partial charge on any atom is -0.400 e. The van der Waals surface area contributed by atoms with E-state index in [2.05, 4.69) is 47.6 Å². The van der Waals surface area contributed by atoms with E-state index in [0.717, 1.165) is 6.42 Å². The zero-order valence-electron chi connectivity index (χ0n) is 13.0. The Morgan fingerprint density at radius 3 is 2.06 bits per heavy atom. The summed E-state index contributed by atoms with van der Waals surface area (Å²) in [4.78, 5) is 0. The maximum absolute atomic E-state index is 6.01. The Morgan fingerprint density at radius 2 is 1.56 bits per heavy atom. The van der Waals surface area contributed by atoms with Gasteiger partial charge in [-0.3, -0.25) is 0 Å². The van der Waals surface area contributed by atoms with Gasteiger partial charge in [-0.1, -0.05) is 32.3 Å². The molecule has 0 unspecified atom stereocenters. The highest BCUT2D eigenvalue weighted by Crippen LogP contribution is 2.38. The molecule has 1 fully saturated rings. The number of hydrogen-bond donors (Lipinski definition) is 0. The van der Waals surface area contributed by atoms with Gasteiger partial charge < -0.3 is 9.31 Å². The molecule has 0 aromatic carbocycles. The molecule has 0 amide bonds. The first-order valence-electron chi connectivity index (χ1n) is 7.32. The SMILES string of the molecule is CCCCCC/C=C(\C)B1OC(C)(C)C(C)(C)O1. The van der Waals surface area contributed by atoms with Gasteiger partial charge >= 0.3 is 7.12 Å². The van der Waals surface area contributed by atoms with Gasteiger partial charge in [0.05, 0.1) is 11.2 Å². The summed E-state index contributed by atoms with van der Waals surface area (Å²) >= 11 is 0. The third kappa shape index (κ3) is 3.86. The zero-order valence-corrected chi connectivity index (χ0v) is 13.0. The molecule has 1 heterocycles. The van der Waals surface area contributed by atoms with E-state index in [-0.39, 0.29) is 18.3 Å². The third-order valence-corrected chi connectivity index (χ3v) is 4.15. The molecule has 0 N–H and O–H groups in total. The molecule has 3 heteroatoms. The topological polar surface area (TPSA) is 18.5 Å². The summed E-state index contributed by atoms with van der Waals surface area (Å²) in [6.45, 7) is 12.7. The van der Waals surface area contributed by atoms with Crippen molar-refractivity contribution in [2.24, 2.45) is 0 Å². The highest BCUT2D eigenvalue weighted by molar-refractivity contribution is 6.54. The second kappa shape index (κ2) is 6.25. The van der Waals surface area contributed by atoms with Crippen molar-refractivity contribution < 1.29 is 9.31 Å².